The molecule has 1 aromatic heterocycles. The molecule has 0 aliphatic heterocycles. The number of halogens is 1. The quantitative estimate of drug-likeness (QED) is 0.783. The van der Waals surface area contributed by atoms with Gasteiger partial charge in [-0.15, -0.1) is 0 Å². The molecular formula is C17H21ClN4O2. The fraction of sp³-hybridized carbons (Fsp3) is 0.412. The molecule has 7 heteroatoms. The predicted molar refractivity (Wildman–Crippen MR) is 91.7 cm³/mol. The third-order valence-corrected chi connectivity index (χ3v) is 5.34. The van der Waals surface area contributed by atoms with E-state index in [1.807, 2.05) is 18.3 Å². The van der Waals surface area contributed by atoms with Gasteiger partial charge in [-0.1, -0.05) is 25.4 Å². The number of hydrogen-bond donors (Lipinski definition) is 3. The molecule has 24 heavy (non-hydrogen) atoms. The molecule has 3 rings (SSSR count). The number of aliphatic hydroxyl groups excluding tert-OH is 1. The summed E-state index contributed by atoms with van der Waals surface area (Å²) < 4.78 is 1.72. The molecule has 1 aliphatic rings. The Kier molecular flexibility index (Phi) is 4.15. The van der Waals surface area contributed by atoms with Crippen molar-refractivity contribution in [2.45, 2.75) is 38.5 Å². The molecule has 6 nitrogen and oxygen atoms in total. The molecule has 2 atom stereocenters. The second-order valence-electron chi connectivity index (χ2n) is 6.87. The van der Waals surface area contributed by atoms with Gasteiger partial charge in [-0.2, -0.15) is 5.10 Å². The van der Waals surface area contributed by atoms with Crippen LogP contribution in [0.1, 0.15) is 25.8 Å². The van der Waals surface area contributed by atoms with Crippen LogP contribution >= 0.6 is 11.6 Å². The molecule has 1 saturated carbocycles. The SMILES string of the molecule is CC1(C)[C@@H](O)C[C@]1(N)C(=O)NCc1cnn(-c2ccc(Cl)cc2)c1. The summed E-state index contributed by atoms with van der Waals surface area (Å²) in [7, 11) is 0. The monoisotopic (exact) mass is 348 g/mol. The van der Waals surface area contributed by atoms with Crippen molar-refractivity contribution >= 4 is 17.5 Å². The van der Waals surface area contributed by atoms with Crippen molar-refractivity contribution < 1.29 is 9.90 Å². The zero-order valence-electron chi connectivity index (χ0n) is 13.7. The normalized spacial score (nSPS) is 25.1. The maximum absolute atomic E-state index is 12.4. The Balaban J connectivity index is 1.64. The molecule has 2 aromatic rings. The summed E-state index contributed by atoms with van der Waals surface area (Å²) in [5.74, 6) is -0.253. The summed E-state index contributed by atoms with van der Waals surface area (Å²) in [5, 5.41) is 17.6. The summed E-state index contributed by atoms with van der Waals surface area (Å²) in [6.07, 6.45) is 3.25. The van der Waals surface area contributed by atoms with Crippen LogP contribution in [0, 0.1) is 5.41 Å². The van der Waals surface area contributed by atoms with Gasteiger partial charge in [0.2, 0.25) is 5.91 Å². The van der Waals surface area contributed by atoms with Crippen LogP contribution in [0.15, 0.2) is 36.7 Å². The minimum atomic E-state index is -1.04. The van der Waals surface area contributed by atoms with Gasteiger partial charge >= 0.3 is 0 Å². The van der Waals surface area contributed by atoms with Gasteiger partial charge in [0.25, 0.3) is 0 Å². The van der Waals surface area contributed by atoms with Crippen LogP contribution in [-0.2, 0) is 11.3 Å². The highest BCUT2D eigenvalue weighted by molar-refractivity contribution is 6.30. The lowest BCUT2D eigenvalue weighted by atomic mass is 9.54. The number of aromatic nitrogens is 2. The second-order valence-corrected chi connectivity index (χ2v) is 7.30. The largest absolute Gasteiger partial charge is 0.392 e. The highest BCUT2D eigenvalue weighted by atomic mass is 35.5. The summed E-state index contributed by atoms with van der Waals surface area (Å²) >= 11 is 5.88. The Morgan fingerprint density at radius 2 is 2.12 bits per heavy atom. The Labute approximate surface area is 145 Å². The smallest absolute Gasteiger partial charge is 0.241 e. The number of nitrogens with two attached hydrogens (primary N) is 1. The number of carbonyl (C=O) groups excluding carboxylic acids is 1. The third-order valence-electron chi connectivity index (χ3n) is 5.08. The first-order valence-electron chi connectivity index (χ1n) is 7.79. The van der Waals surface area contributed by atoms with Gasteiger partial charge in [-0.05, 0) is 24.3 Å². The van der Waals surface area contributed by atoms with Crippen LogP contribution in [0.5, 0.6) is 0 Å². The van der Waals surface area contributed by atoms with Gasteiger partial charge in [0, 0.05) is 35.2 Å². The highest BCUT2D eigenvalue weighted by Gasteiger charge is 2.61. The lowest BCUT2D eigenvalue weighted by Crippen LogP contribution is -2.75. The average molecular weight is 349 g/mol. The molecular weight excluding hydrogens is 328 g/mol. The van der Waals surface area contributed by atoms with Gasteiger partial charge in [0.1, 0.15) is 5.54 Å². The van der Waals surface area contributed by atoms with Gasteiger partial charge < -0.3 is 16.2 Å². The molecule has 1 fully saturated rings. The first kappa shape index (κ1) is 17.0. The summed E-state index contributed by atoms with van der Waals surface area (Å²) in [6.45, 7) is 3.94. The average Bonchev–Trinajstić information content (AvgIpc) is 3.02. The number of amides is 1. The van der Waals surface area contributed by atoms with Crippen LogP contribution in [0.25, 0.3) is 5.69 Å². The van der Waals surface area contributed by atoms with E-state index in [1.54, 1.807) is 36.9 Å². The molecule has 1 amide bonds. The van der Waals surface area contributed by atoms with Crippen molar-refractivity contribution in [2.24, 2.45) is 11.1 Å². The van der Waals surface area contributed by atoms with Crippen LogP contribution in [0.2, 0.25) is 5.02 Å². The van der Waals surface area contributed by atoms with E-state index in [1.165, 1.54) is 0 Å². The van der Waals surface area contributed by atoms with Crippen LogP contribution < -0.4 is 11.1 Å². The summed E-state index contributed by atoms with van der Waals surface area (Å²) in [4.78, 5) is 12.4. The number of aliphatic hydroxyl groups is 1. The Bertz CT molecular complexity index is 756. The van der Waals surface area contributed by atoms with E-state index >= 15 is 0 Å². The number of carbonyl (C=O) groups is 1. The zero-order chi connectivity index (χ0) is 17.5. The molecule has 0 unspecified atom stereocenters. The number of hydrogen-bond acceptors (Lipinski definition) is 4. The zero-order valence-corrected chi connectivity index (χ0v) is 14.4. The topological polar surface area (TPSA) is 93.2 Å². The Hall–Kier alpha value is -1.89. The molecule has 0 bridgehead atoms. The number of nitrogens with zero attached hydrogens (tertiary/aromatic N) is 2. The first-order valence-corrected chi connectivity index (χ1v) is 8.16. The van der Waals surface area contributed by atoms with Gasteiger partial charge in [0.05, 0.1) is 18.0 Å². The molecule has 0 saturated heterocycles. The maximum atomic E-state index is 12.4. The van der Waals surface area contributed by atoms with E-state index in [4.69, 9.17) is 17.3 Å². The van der Waals surface area contributed by atoms with Crippen LogP contribution in [0.4, 0.5) is 0 Å². The molecule has 1 heterocycles. The van der Waals surface area contributed by atoms with Crippen molar-refractivity contribution in [3.63, 3.8) is 0 Å². The molecule has 0 radical (unpaired) electrons. The lowest BCUT2D eigenvalue weighted by Gasteiger charge is -2.55. The maximum Gasteiger partial charge on any atom is 0.241 e. The van der Waals surface area contributed by atoms with Gasteiger partial charge in [-0.25, -0.2) is 4.68 Å². The van der Waals surface area contributed by atoms with E-state index in [0.717, 1.165) is 11.3 Å². The molecule has 4 N–H and O–H groups in total. The molecule has 128 valence electrons. The van der Waals surface area contributed by atoms with Crippen molar-refractivity contribution in [3.05, 3.63) is 47.2 Å². The number of rotatable bonds is 4. The summed E-state index contributed by atoms with van der Waals surface area (Å²) in [5.41, 5.74) is 6.25. The fourth-order valence-corrected chi connectivity index (χ4v) is 3.03. The minimum absolute atomic E-state index is 0.253. The fourth-order valence-electron chi connectivity index (χ4n) is 2.90. The Morgan fingerprint density at radius 1 is 1.46 bits per heavy atom. The van der Waals surface area contributed by atoms with Crippen molar-refractivity contribution in [1.29, 1.82) is 0 Å². The van der Waals surface area contributed by atoms with E-state index in [2.05, 4.69) is 10.4 Å². The second kappa shape index (κ2) is 5.88. The predicted octanol–water partition coefficient (Wildman–Crippen LogP) is 1.63. The molecule has 1 aromatic carbocycles. The van der Waals surface area contributed by atoms with E-state index < -0.39 is 17.1 Å². The lowest BCUT2D eigenvalue weighted by molar-refractivity contribution is -0.158. The van der Waals surface area contributed by atoms with E-state index in [-0.39, 0.29) is 12.3 Å². The molecule has 0 spiro atoms. The van der Waals surface area contributed by atoms with Crippen LogP contribution in [-0.4, -0.2) is 32.4 Å². The van der Waals surface area contributed by atoms with Crippen molar-refractivity contribution in [3.8, 4) is 5.69 Å². The Morgan fingerprint density at radius 3 is 2.71 bits per heavy atom. The third kappa shape index (κ3) is 2.70. The summed E-state index contributed by atoms with van der Waals surface area (Å²) in [6, 6.07) is 7.32. The van der Waals surface area contributed by atoms with E-state index in [9.17, 15) is 9.90 Å². The van der Waals surface area contributed by atoms with Gasteiger partial charge in [-0.3, -0.25) is 4.79 Å². The van der Waals surface area contributed by atoms with E-state index in [0.29, 0.717) is 11.6 Å². The first-order chi connectivity index (χ1) is 11.2. The molecule has 1 aliphatic carbocycles. The number of nitrogens with one attached hydrogen (secondary N) is 1. The number of benzene rings is 1. The van der Waals surface area contributed by atoms with Crippen molar-refractivity contribution in [2.75, 3.05) is 0 Å². The highest BCUT2D eigenvalue weighted by Crippen LogP contribution is 2.47. The van der Waals surface area contributed by atoms with Crippen LogP contribution in [0.3, 0.4) is 0 Å². The van der Waals surface area contributed by atoms with Gasteiger partial charge in [0.15, 0.2) is 0 Å². The standard InChI is InChI=1S/C17H21ClN4O2/c1-16(2)14(23)7-17(16,19)15(24)20-8-11-9-21-22(10-11)13-5-3-12(18)4-6-13/h3-6,9-10,14,23H,7-8,19H2,1-2H3,(H,20,24)/t14-,17-/m0/s1. The van der Waals surface area contributed by atoms with Crippen molar-refractivity contribution in [1.82, 2.24) is 15.1 Å². The minimum Gasteiger partial charge on any atom is -0.392 e.